The second kappa shape index (κ2) is 42.3. The Morgan fingerprint density at radius 3 is 1.10 bits per heavy atom. The van der Waals surface area contributed by atoms with Crippen molar-refractivity contribution < 1.29 is 109 Å². The van der Waals surface area contributed by atoms with Gasteiger partial charge in [0.25, 0.3) is 0 Å². The summed E-state index contributed by atoms with van der Waals surface area (Å²) in [5.41, 5.74) is 15.1. The first-order valence-corrected chi connectivity index (χ1v) is 31.1. The Morgan fingerprint density at radius 2 is 0.640 bits per heavy atom. The van der Waals surface area contributed by atoms with Crippen LogP contribution in [0, 0.1) is 13.8 Å². The van der Waals surface area contributed by atoms with E-state index in [-0.39, 0.29) is 101 Å². The number of aryl methyl sites for hydroxylation is 2. The van der Waals surface area contributed by atoms with Crippen LogP contribution in [-0.4, -0.2) is 54.6 Å². The number of phenols is 5. The van der Waals surface area contributed by atoms with Crippen molar-refractivity contribution >= 4 is 79.0 Å². The zero-order valence-corrected chi connectivity index (χ0v) is 60.9. The molecule has 0 aliphatic carbocycles. The quantitative estimate of drug-likeness (QED) is 0.0813. The van der Waals surface area contributed by atoms with Crippen molar-refractivity contribution in [1.29, 1.82) is 0 Å². The van der Waals surface area contributed by atoms with Crippen LogP contribution in [-0.2, 0) is 83.9 Å². The van der Waals surface area contributed by atoms with Crippen LogP contribution in [0.5, 0.6) is 28.7 Å². The molecule has 0 saturated carbocycles. The third kappa shape index (κ3) is 23.5. The van der Waals surface area contributed by atoms with Crippen LogP contribution in [0.2, 0.25) is 0 Å². The third-order valence-corrected chi connectivity index (χ3v) is 15.3. The van der Waals surface area contributed by atoms with Crippen LogP contribution in [0.3, 0.4) is 0 Å². The average Bonchev–Trinajstić information content (AvgIpc) is 0.793. The molecule has 0 aliphatic heterocycles. The van der Waals surface area contributed by atoms with Crippen molar-refractivity contribution in [3.63, 3.8) is 0 Å². The molecule has 0 spiro atoms. The van der Waals surface area contributed by atoms with Gasteiger partial charge in [0, 0.05) is 152 Å². The normalized spacial score (nSPS) is 10.9. The number of hydrogen-bond acceptors (Lipinski definition) is 10. The molecule has 0 aromatic heterocycles. The SMILES string of the molecule is CC(=Nc1ccccc1)c1c(O)ccc2ccccc12.CC(=Nc1ccccc1)c1cccc(-c2ccccc2)c1O.CC(=Nc1ccccc1)c1cccc(C)c1O.CC(=Nc1ccccc1)c1cccc(C)c1O.Oc1ccccc1C=Nc1cccc2ccccc12.[Co].[Co].[Co].[Co].[Co]. The van der Waals surface area contributed by atoms with Gasteiger partial charge in [0.05, 0.1) is 28.4 Å². The first-order valence-electron chi connectivity index (χ1n) is 31.1. The Balaban J connectivity index is 0.000000263. The Morgan fingerprint density at radius 1 is 0.290 bits per heavy atom. The molecule has 0 atom stereocenters. The molecule has 515 valence electrons. The van der Waals surface area contributed by atoms with Gasteiger partial charge in [-0.05, 0) is 165 Å². The van der Waals surface area contributed by atoms with Gasteiger partial charge >= 0.3 is 0 Å². The molecule has 0 aliphatic rings. The second-order valence-electron chi connectivity index (χ2n) is 22.1. The van der Waals surface area contributed by atoms with Crippen molar-refractivity contribution in [2.75, 3.05) is 0 Å². The summed E-state index contributed by atoms with van der Waals surface area (Å²) < 4.78 is 0. The van der Waals surface area contributed by atoms with Crippen LogP contribution >= 0.6 is 0 Å². The monoisotopic (exact) mass is 1540 g/mol. The fourth-order valence-corrected chi connectivity index (χ4v) is 10.3. The standard InChI is InChI=1S/C20H17NO.C18H15NO.C17H13NO.2C15H15NO.5Co/c1-15(21-17-11-6-3-7-12-17)18-13-8-14-19(20(18)22)16-9-4-2-5-10-16;1-13(19-15-8-3-2-4-9-15)18-16-10-6-5-7-14(16)11-12-17(18)20;19-17-11-4-2-7-14(17)12-18-16-10-5-8-13-6-1-3-9-15(13)16;2*1-11-7-6-10-14(15(11)17)12(2)16-13-8-4-3-5-9-13;;;;;/h2-14,22H,1H3;2-12,20H,1H3;1-12,19H;2*3-10,17H,1-2H3;;;;;. The number of phenolic OH excluding ortho intramolecular Hbond substituents is 5. The van der Waals surface area contributed by atoms with Crippen LogP contribution in [0.15, 0.2) is 334 Å². The fraction of sp³-hybridized carbons (Fsp3) is 0.0706. The molecule has 0 unspecified atom stereocenters. The predicted molar refractivity (Wildman–Crippen MR) is 397 cm³/mol. The first kappa shape index (κ1) is 82.7. The minimum absolute atomic E-state index is 0. The minimum Gasteiger partial charge on any atom is -0.507 e. The van der Waals surface area contributed by atoms with Gasteiger partial charge in [0.15, 0.2) is 0 Å². The van der Waals surface area contributed by atoms with E-state index in [1.54, 1.807) is 24.4 Å². The number of benzene rings is 13. The van der Waals surface area contributed by atoms with Crippen LogP contribution in [0.1, 0.15) is 66.6 Å². The van der Waals surface area contributed by atoms with Gasteiger partial charge in [-0.25, -0.2) is 0 Å². The molecule has 5 N–H and O–H groups in total. The molecule has 10 nitrogen and oxygen atoms in total. The number of nitrogens with zero attached hydrogens (tertiary/aromatic N) is 5. The van der Waals surface area contributed by atoms with E-state index in [2.05, 4.69) is 37.1 Å². The summed E-state index contributed by atoms with van der Waals surface area (Å²) >= 11 is 0. The summed E-state index contributed by atoms with van der Waals surface area (Å²) in [5, 5.41) is 54.8. The summed E-state index contributed by atoms with van der Waals surface area (Å²) in [5.74, 6) is 1.40. The predicted octanol–water partition coefficient (Wildman–Crippen LogP) is 21.9. The van der Waals surface area contributed by atoms with Gasteiger partial charge in [-0.1, -0.05) is 218 Å². The van der Waals surface area contributed by atoms with Gasteiger partial charge < -0.3 is 25.5 Å². The molecule has 0 amide bonds. The van der Waals surface area contributed by atoms with Crippen molar-refractivity contribution in [1.82, 2.24) is 0 Å². The molecule has 15 heteroatoms. The molecule has 13 aromatic rings. The molecule has 13 rings (SSSR count). The minimum atomic E-state index is 0. The largest absolute Gasteiger partial charge is 0.507 e. The van der Waals surface area contributed by atoms with E-state index in [0.29, 0.717) is 11.5 Å². The number of rotatable bonds is 11. The molecule has 0 heterocycles. The van der Waals surface area contributed by atoms with E-state index in [1.807, 2.05) is 321 Å². The Labute approximate surface area is 637 Å². The average molecular weight is 1540 g/mol. The van der Waals surface area contributed by atoms with Gasteiger partial charge in [-0.15, -0.1) is 0 Å². The second-order valence-corrected chi connectivity index (χ2v) is 22.1. The Kier molecular flexibility index (Phi) is 35.0. The summed E-state index contributed by atoms with van der Waals surface area (Å²) in [6.45, 7) is 11.4. The van der Waals surface area contributed by atoms with Gasteiger partial charge in [-0.2, -0.15) is 0 Å². The maximum atomic E-state index is 10.6. The van der Waals surface area contributed by atoms with Crippen molar-refractivity contribution in [2.45, 2.75) is 41.5 Å². The third-order valence-electron chi connectivity index (χ3n) is 15.3. The van der Waals surface area contributed by atoms with Crippen molar-refractivity contribution in [3.8, 4) is 39.9 Å². The topological polar surface area (TPSA) is 163 Å². The number of aliphatic imine (C=N–C) groups is 5. The van der Waals surface area contributed by atoms with E-state index in [4.69, 9.17) is 0 Å². The Bertz CT molecular complexity index is 4740. The van der Waals surface area contributed by atoms with Crippen molar-refractivity contribution in [3.05, 3.63) is 348 Å². The van der Waals surface area contributed by atoms with Crippen LogP contribution in [0.25, 0.3) is 32.7 Å². The molecule has 13 aromatic carbocycles. The van der Waals surface area contributed by atoms with E-state index in [0.717, 1.165) is 123 Å². The van der Waals surface area contributed by atoms with E-state index >= 15 is 0 Å². The smallest absolute Gasteiger partial charge is 0.132 e. The van der Waals surface area contributed by atoms with E-state index < -0.39 is 0 Å². The van der Waals surface area contributed by atoms with Crippen LogP contribution in [0.4, 0.5) is 28.4 Å². The molecular weight excluding hydrogens is 1470 g/mol. The number of para-hydroxylation sites is 8. The van der Waals surface area contributed by atoms with Gasteiger partial charge in [0.2, 0.25) is 0 Å². The molecule has 100 heavy (non-hydrogen) atoms. The molecular formula is C85H75Co5N5O5. The first-order chi connectivity index (χ1) is 46.2. The maximum Gasteiger partial charge on any atom is 0.132 e. The maximum absolute atomic E-state index is 10.6. The molecule has 0 bridgehead atoms. The Hall–Kier alpha value is -9.74. The fourth-order valence-electron chi connectivity index (χ4n) is 10.3. The van der Waals surface area contributed by atoms with Gasteiger partial charge in [0.1, 0.15) is 28.7 Å². The zero-order chi connectivity index (χ0) is 66.9. The molecule has 0 saturated heterocycles. The summed E-state index contributed by atoms with van der Waals surface area (Å²) in [6, 6.07) is 99.0. The van der Waals surface area contributed by atoms with E-state index in [1.165, 1.54) is 0 Å². The zero-order valence-electron chi connectivity index (χ0n) is 55.7. The molecule has 5 radical (unpaired) electrons. The van der Waals surface area contributed by atoms with Gasteiger partial charge in [-0.3, -0.25) is 25.0 Å². The summed E-state index contributed by atoms with van der Waals surface area (Å²) in [6.07, 6.45) is 1.69. The van der Waals surface area contributed by atoms with E-state index in [9.17, 15) is 25.5 Å². The number of hydrogen-bond donors (Lipinski definition) is 5. The number of fused-ring (bicyclic) bond motifs is 2. The number of aromatic hydroxyl groups is 5. The summed E-state index contributed by atoms with van der Waals surface area (Å²) in [7, 11) is 0. The summed E-state index contributed by atoms with van der Waals surface area (Å²) in [4.78, 5) is 22.6. The van der Waals surface area contributed by atoms with Crippen molar-refractivity contribution in [2.24, 2.45) is 25.0 Å². The van der Waals surface area contributed by atoms with Crippen LogP contribution < -0.4 is 0 Å². The molecule has 0 fully saturated rings.